The Morgan fingerprint density at radius 3 is 2.95 bits per heavy atom. The maximum absolute atomic E-state index is 5.72. The highest BCUT2D eigenvalue weighted by molar-refractivity contribution is 5.28. The monoisotopic (exact) mass is 291 g/mol. The van der Waals surface area contributed by atoms with E-state index in [9.17, 15) is 0 Å². The van der Waals surface area contributed by atoms with Crippen LogP contribution in [0.1, 0.15) is 42.2 Å². The molecule has 0 aromatic carbocycles. The van der Waals surface area contributed by atoms with Crippen molar-refractivity contribution in [1.29, 1.82) is 0 Å². The molecule has 1 fully saturated rings. The molecule has 1 saturated heterocycles. The Bertz CT molecular complexity index is 487. The Labute approximate surface area is 126 Å². The average molecular weight is 291 g/mol. The van der Waals surface area contributed by atoms with Crippen LogP contribution in [0, 0.1) is 12.8 Å². The number of fused-ring (bicyclic) bond motifs is 1. The molecule has 0 amide bonds. The zero-order valence-electron chi connectivity index (χ0n) is 13.0. The van der Waals surface area contributed by atoms with Crippen molar-refractivity contribution in [2.75, 3.05) is 32.9 Å². The van der Waals surface area contributed by atoms with E-state index in [-0.39, 0.29) is 6.10 Å². The molecule has 1 aromatic rings. The number of hydrogen-bond acceptors (Lipinski definition) is 5. The summed E-state index contributed by atoms with van der Waals surface area (Å²) in [6, 6.07) is 0. The number of rotatable bonds is 4. The van der Waals surface area contributed by atoms with Crippen LogP contribution in [-0.4, -0.2) is 42.9 Å². The molecule has 2 heterocycles. The summed E-state index contributed by atoms with van der Waals surface area (Å²) >= 11 is 0. The number of aromatic nitrogens is 2. The number of hydrogen-bond donors (Lipinski definition) is 1. The van der Waals surface area contributed by atoms with Gasteiger partial charge in [0.25, 0.3) is 0 Å². The first-order valence-electron chi connectivity index (χ1n) is 8.04. The van der Waals surface area contributed by atoms with Gasteiger partial charge in [0, 0.05) is 11.4 Å². The highest BCUT2D eigenvalue weighted by Crippen LogP contribution is 2.28. The fraction of sp³-hybridized carbons (Fsp3) is 0.750. The molecule has 1 aliphatic heterocycles. The number of nitrogens with one attached hydrogen (secondary N) is 1. The third-order valence-electron chi connectivity index (χ3n) is 4.39. The van der Waals surface area contributed by atoms with E-state index in [2.05, 4.69) is 24.1 Å². The number of aryl methyl sites for hydroxylation is 2. The molecular formula is C16H25N3O2. The summed E-state index contributed by atoms with van der Waals surface area (Å²) < 4.78 is 11.2. The molecule has 0 saturated carbocycles. The molecular weight excluding hydrogens is 266 g/mol. The van der Waals surface area contributed by atoms with Gasteiger partial charge in [0.15, 0.2) is 5.82 Å². The first kappa shape index (κ1) is 14.9. The van der Waals surface area contributed by atoms with Gasteiger partial charge >= 0.3 is 0 Å². The Kier molecular flexibility index (Phi) is 4.83. The van der Waals surface area contributed by atoms with E-state index >= 15 is 0 Å². The van der Waals surface area contributed by atoms with E-state index in [4.69, 9.17) is 14.5 Å². The van der Waals surface area contributed by atoms with Crippen LogP contribution in [0.5, 0.6) is 0 Å². The van der Waals surface area contributed by atoms with Crippen molar-refractivity contribution in [3.63, 3.8) is 0 Å². The lowest BCUT2D eigenvalue weighted by atomic mass is 9.85. The fourth-order valence-corrected chi connectivity index (χ4v) is 3.19. The summed E-state index contributed by atoms with van der Waals surface area (Å²) in [5.41, 5.74) is 3.69. The van der Waals surface area contributed by atoms with Crippen molar-refractivity contribution >= 4 is 0 Å². The maximum Gasteiger partial charge on any atom is 0.160 e. The van der Waals surface area contributed by atoms with E-state index < -0.39 is 0 Å². The van der Waals surface area contributed by atoms with Gasteiger partial charge in [-0.05, 0) is 50.8 Å². The standard InChI is InChI=1S/C16H25N3O2/c1-3-17-9-12-4-5-14-13(8-12)11(2)18-16(19-14)15-10-20-6-7-21-15/h12,15,17H,3-10H2,1-2H3. The lowest BCUT2D eigenvalue weighted by molar-refractivity contribution is -0.0936. The Balaban J connectivity index is 1.76. The van der Waals surface area contributed by atoms with Crippen LogP contribution in [0.4, 0.5) is 0 Å². The van der Waals surface area contributed by atoms with Gasteiger partial charge in [0.2, 0.25) is 0 Å². The van der Waals surface area contributed by atoms with Crippen molar-refractivity contribution < 1.29 is 9.47 Å². The van der Waals surface area contributed by atoms with Crippen LogP contribution in [0.25, 0.3) is 0 Å². The molecule has 116 valence electrons. The Morgan fingerprint density at radius 2 is 2.19 bits per heavy atom. The van der Waals surface area contributed by atoms with E-state index in [1.165, 1.54) is 17.7 Å². The lowest BCUT2D eigenvalue weighted by Crippen LogP contribution is -2.29. The fourth-order valence-electron chi connectivity index (χ4n) is 3.19. The second kappa shape index (κ2) is 6.81. The third-order valence-corrected chi connectivity index (χ3v) is 4.39. The second-order valence-corrected chi connectivity index (χ2v) is 5.94. The van der Waals surface area contributed by atoms with Crippen LogP contribution >= 0.6 is 0 Å². The van der Waals surface area contributed by atoms with Crippen molar-refractivity contribution in [3.05, 3.63) is 22.8 Å². The van der Waals surface area contributed by atoms with Gasteiger partial charge in [-0.15, -0.1) is 0 Å². The highest BCUT2D eigenvalue weighted by Gasteiger charge is 2.26. The summed E-state index contributed by atoms with van der Waals surface area (Å²) in [6.07, 6.45) is 3.26. The predicted octanol–water partition coefficient (Wildman–Crippen LogP) is 1.59. The van der Waals surface area contributed by atoms with Gasteiger partial charge in [0.05, 0.1) is 19.8 Å². The highest BCUT2D eigenvalue weighted by atomic mass is 16.6. The SMILES string of the molecule is CCNCC1CCc2nc(C3COCCO3)nc(C)c2C1. The van der Waals surface area contributed by atoms with E-state index in [1.54, 1.807) is 0 Å². The molecule has 1 N–H and O–H groups in total. The molecule has 0 bridgehead atoms. The molecule has 3 rings (SSSR count). The molecule has 0 spiro atoms. The zero-order valence-corrected chi connectivity index (χ0v) is 13.0. The first-order chi connectivity index (χ1) is 10.3. The van der Waals surface area contributed by atoms with E-state index in [1.807, 2.05) is 0 Å². The van der Waals surface area contributed by atoms with E-state index in [0.717, 1.165) is 37.4 Å². The quantitative estimate of drug-likeness (QED) is 0.913. The molecule has 21 heavy (non-hydrogen) atoms. The average Bonchev–Trinajstić information content (AvgIpc) is 2.54. The van der Waals surface area contributed by atoms with Crippen molar-refractivity contribution in [3.8, 4) is 0 Å². The van der Waals surface area contributed by atoms with Gasteiger partial charge in [-0.2, -0.15) is 0 Å². The minimum absolute atomic E-state index is 0.0952. The molecule has 5 heteroatoms. The summed E-state index contributed by atoms with van der Waals surface area (Å²) in [4.78, 5) is 9.46. The minimum atomic E-state index is -0.0952. The van der Waals surface area contributed by atoms with Crippen LogP contribution in [0.3, 0.4) is 0 Å². The molecule has 1 aliphatic carbocycles. The summed E-state index contributed by atoms with van der Waals surface area (Å²) in [6.45, 7) is 8.27. The van der Waals surface area contributed by atoms with Crippen molar-refractivity contribution in [2.24, 2.45) is 5.92 Å². The zero-order chi connectivity index (χ0) is 14.7. The molecule has 1 aromatic heterocycles. The van der Waals surface area contributed by atoms with Crippen molar-refractivity contribution in [2.45, 2.75) is 39.2 Å². The van der Waals surface area contributed by atoms with Crippen LogP contribution in [0.2, 0.25) is 0 Å². The molecule has 2 aliphatic rings. The predicted molar refractivity (Wildman–Crippen MR) is 80.3 cm³/mol. The summed E-state index contributed by atoms with van der Waals surface area (Å²) in [5.74, 6) is 1.51. The van der Waals surface area contributed by atoms with E-state index in [0.29, 0.717) is 25.7 Å². The van der Waals surface area contributed by atoms with Crippen LogP contribution < -0.4 is 5.32 Å². The normalized spacial score (nSPS) is 25.6. The van der Waals surface area contributed by atoms with Crippen LogP contribution in [0.15, 0.2) is 0 Å². The number of nitrogens with zero attached hydrogens (tertiary/aromatic N) is 2. The third kappa shape index (κ3) is 3.42. The molecule has 0 radical (unpaired) electrons. The first-order valence-corrected chi connectivity index (χ1v) is 8.04. The molecule has 5 nitrogen and oxygen atoms in total. The van der Waals surface area contributed by atoms with Crippen molar-refractivity contribution in [1.82, 2.24) is 15.3 Å². The minimum Gasteiger partial charge on any atom is -0.376 e. The molecule has 2 unspecified atom stereocenters. The van der Waals surface area contributed by atoms with Crippen LogP contribution in [-0.2, 0) is 22.3 Å². The molecule has 2 atom stereocenters. The van der Waals surface area contributed by atoms with Gasteiger partial charge in [-0.3, -0.25) is 0 Å². The Morgan fingerprint density at radius 1 is 1.29 bits per heavy atom. The second-order valence-electron chi connectivity index (χ2n) is 5.94. The summed E-state index contributed by atoms with van der Waals surface area (Å²) in [7, 11) is 0. The van der Waals surface area contributed by atoms with Gasteiger partial charge in [-0.25, -0.2) is 9.97 Å². The summed E-state index contributed by atoms with van der Waals surface area (Å²) in [5, 5.41) is 3.45. The Hall–Kier alpha value is -1.04. The number of ether oxygens (including phenoxy) is 2. The topological polar surface area (TPSA) is 56.3 Å². The lowest BCUT2D eigenvalue weighted by Gasteiger charge is -2.27. The van der Waals surface area contributed by atoms with Gasteiger partial charge in [-0.1, -0.05) is 6.92 Å². The van der Waals surface area contributed by atoms with Gasteiger partial charge in [0.1, 0.15) is 6.10 Å². The maximum atomic E-state index is 5.72. The smallest absolute Gasteiger partial charge is 0.160 e. The van der Waals surface area contributed by atoms with Gasteiger partial charge < -0.3 is 14.8 Å². The largest absolute Gasteiger partial charge is 0.376 e.